The number of rotatable bonds is 15. The summed E-state index contributed by atoms with van der Waals surface area (Å²) in [5.74, 6) is -0.659. The highest BCUT2D eigenvalue weighted by molar-refractivity contribution is 5.92. The van der Waals surface area contributed by atoms with Crippen LogP contribution in [0.4, 0.5) is 30.6 Å². The van der Waals surface area contributed by atoms with Crippen LogP contribution in [0.3, 0.4) is 0 Å². The minimum Gasteiger partial charge on any atom is -0.493 e. The smallest absolute Gasteiger partial charge is 0.344 e. The third-order valence-corrected chi connectivity index (χ3v) is 9.98. The van der Waals surface area contributed by atoms with E-state index >= 15 is 4.39 Å². The maximum absolute atomic E-state index is 15.0. The van der Waals surface area contributed by atoms with Gasteiger partial charge < -0.3 is 24.4 Å². The van der Waals surface area contributed by atoms with Crippen LogP contribution in [-0.2, 0) is 10.3 Å². The Morgan fingerprint density at radius 1 is 1.04 bits per heavy atom. The first-order chi connectivity index (χ1) is 25.5. The Hall–Kier alpha value is -5.08. The number of benzene rings is 3. The van der Waals surface area contributed by atoms with E-state index in [0.29, 0.717) is 31.7 Å². The number of carbonyl (C=O) groups is 1. The largest absolute Gasteiger partial charge is 0.493 e. The van der Waals surface area contributed by atoms with Crippen molar-refractivity contribution in [3.63, 3.8) is 0 Å². The van der Waals surface area contributed by atoms with Gasteiger partial charge in [0.2, 0.25) is 0 Å². The van der Waals surface area contributed by atoms with Crippen molar-refractivity contribution in [2.45, 2.75) is 44.4 Å². The van der Waals surface area contributed by atoms with Crippen molar-refractivity contribution < 1.29 is 28.2 Å². The molecule has 0 bridgehead atoms. The van der Waals surface area contributed by atoms with Crippen LogP contribution < -0.4 is 19.4 Å². The first-order valence-electron chi connectivity index (χ1n) is 17.8. The van der Waals surface area contributed by atoms with E-state index in [1.807, 2.05) is 43.3 Å². The average Bonchev–Trinajstić information content (AvgIpc) is 3.58. The molecular weight excluding hydrogens is 682 g/mol. The van der Waals surface area contributed by atoms with E-state index in [9.17, 15) is 14.3 Å². The van der Waals surface area contributed by atoms with Crippen LogP contribution in [0.2, 0.25) is 0 Å². The molecule has 0 unspecified atom stereocenters. The fraction of sp³-hybridized carbons (Fsp3) is 0.436. The Bertz CT molecular complexity index is 1720. The van der Waals surface area contributed by atoms with Crippen LogP contribution in [-0.4, -0.2) is 113 Å². The molecule has 2 heterocycles. The van der Waals surface area contributed by atoms with Gasteiger partial charge in [-0.2, -0.15) is 10.2 Å². The fourth-order valence-corrected chi connectivity index (χ4v) is 7.10. The van der Waals surface area contributed by atoms with Crippen molar-refractivity contribution in [3.05, 3.63) is 83.9 Å². The number of urea groups is 1. The van der Waals surface area contributed by atoms with E-state index in [1.54, 1.807) is 21.0 Å². The maximum atomic E-state index is 15.0. The Kier molecular flexibility index (Phi) is 13.0. The maximum Gasteiger partial charge on any atom is 0.344 e. The Morgan fingerprint density at radius 2 is 1.66 bits per heavy atom. The molecule has 0 radical (unpaired) electrons. The lowest BCUT2D eigenvalue weighted by atomic mass is 9.86. The van der Waals surface area contributed by atoms with Gasteiger partial charge >= 0.3 is 6.03 Å². The molecule has 2 fully saturated rings. The van der Waals surface area contributed by atoms with Crippen molar-refractivity contribution >= 4 is 42.9 Å². The van der Waals surface area contributed by atoms with Crippen LogP contribution in [0, 0.1) is 17.6 Å². The number of aliphatic imine (C=N–C) groups is 1. The van der Waals surface area contributed by atoms with E-state index < -0.39 is 29.4 Å². The summed E-state index contributed by atoms with van der Waals surface area (Å²) in [7, 11) is 3.29. The summed E-state index contributed by atoms with van der Waals surface area (Å²) in [5, 5.41) is 20.7. The number of ether oxygens (including phenoxy) is 2. The molecule has 3 aromatic rings. The number of hydrogen-bond donors (Lipinski definition) is 1. The van der Waals surface area contributed by atoms with Crippen molar-refractivity contribution in [3.8, 4) is 5.75 Å². The number of hydrogen-bond acceptors (Lipinski definition) is 9. The number of aliphatic hydroxyl groups excluding tert-OH is 1. The zero-order valence-electron chi connectivity index (χ0n) is 30.9. The van der Waals surface area contributed by atoms with E-state index in [2.05, 4.69) is 50.6 Å². The predicted octanol–water partition coefficient (Wildman–Crippen LogP) is 5.81. The lowest BCUT2D eigenvalue weighted by Gasteiger charge is -2.37. The van der Waals surface area contributed by atoms with Gasteiger partial charge in [0.15, 0.2) is 0 Å². The minimum absolute atomic E-state index is 0.0465. The Balaban J connectivity index is 1.13. The molecule has 4 atom stereocenters. The quantitative estimate of drug-likeness (QED) is 0.119. The number of carbonyl (C=O) groups excluding carboxylic acids is 1. The van der Waals surface area contributed by atoms with Crippen LogP contribution in [0.25, 0.3) is 0 Å². The summed E-state index contributed by atoms with van der Waals surface area (Å²) >= 11 is 0. The van der Waals surface area contributed by atoms with Gasteiger partial charge in [0.25, 0.3) is 0 Å². The number of anilines is 3. The second-order valence-electron chi connectivity index (χ2n) is 13.5. The number of hydrazone groups is 2. The molecule has 53 heavy (non-hydrogen) atoms. The van der Waals surface area contributed by atoms with Crippen molar-refractivity contribution in [1.82, 2.24) is 10.0 Å². The number of amides is 2. The van der Waals surface area contributed by atoms with Crippen molar-refractivity contribution in [2.75, 3.05) is 74.7 Å². The second-order valence-corrected chi connectivity index (χ2v) is 13.5. The average molecular weight is 733 g/mol. The summed E-state index contributed by atoms with van der Waals surface area (Å²) in [6.07, 6.45) is 1.74. The first-order valence-corrected chi connectivity index (χ1v) is 17.8. The highest BCUT2D eigenvalue weighted by Gasteiger charge is 2.45. The lowest BCUT2D eigenvalue weighted by molar-refractivity contribution is -0.0179. The fourth-order valence-electron chi connectivity index (χ4n) is 7.10. The highest BCUT2D eigenvalue weighted by Crippen LogP contribution is 2.41. The monoisotopic (exact) mass is 732 g/mol. The molecule has 5 rings (SSSR count). The molecule has 0 saturated carbocycles. The van der Waals surface area contributed by atoms with Gasteiger partial charge in [-0.3, -0.25) is 14.9 Å². The van der Waals surface area contributed by atoms with Crippen molar-refractivity contribution in [1.29, 1.82) is 0 Å². The minimum atomic E-state index is -1.08. The Morgan fingerprint density at radius 3 is 2.19 bits per heavy atom. The molecule has 284 valence electrons. The molecule has 2 saturated heterocycles. The molecule has 0 aliphatic carbocycles. The summed E-state index contributed by atoms with van der Waals surface area (Å²) in [4.78, 5) is 23.3. The second kappa shape index (κ2) is 17.6. The van der Waals surface area contributed by atoms with Gasteiger partial charge in [0.05, 0.1) is 31.9 Å². The Labute approximate surface area is 310 Å². The summed E-state index contributed by atoms with van der Waals surface area (Å²) < 4.78 is 41.2. The molecule has 1 N–H and O–H groups in total. The molecule has 2 amide bonds. The van der Waals surface area contributed by atoms with Crippen LogP contribution >= 0.6 is 0 Å². The molecule has 14 heteroatoms. The standard InChI is InChI=1S/C39H50F2N8O4/c1-7-37(28(2)50)49(44-5)38(51)45(6)31-9-11-32(12-10-31)46-18-20-47(21-19-46)33-13-15-34(16-14-33)52-24-29-23-39(53-25-29,26-48(43-4)27-42-3)35-17-8-30(40)22-36(35)41/h8-17,22,27-29,37,50H,4-5,7,18-21,23-26H2,1-3,6H3/t28-,29+,37-,39-/m0/s1. The number of aliphatic hydroxyl groups is 1. The van der Waals surface area contributed by atoms with E-state index in [1.165, 1.54) is 33.4 Å². The third kappa shape index (κ3) is 9.11. The SMILES string of the molecule is C=NN(C=NC)C[C@]1(c2ccc(F)cc2F)C[C@H](COc2ccc(N3CCN(c4ccc(N(C)C(=O)N(N=C)[C@@H](CC)[C@H](C)O)cc4)CC3)cc2)CO1. The van der Waals surface area contributed by atoms with Crippen LogP contribution in [0.5, 0.6) is 5.75 Å². The lowest BCUT2D eigenvalue weighted by Crippen LogP contribution is -2.48. The van der Waals surface area contributed by atoms with Crippen LogP contribution in [0.15, 0.2) is 81.9 Å². The van der Waals surface area contributed by atoms with Gasteiger partial charge in [0.1, 0.15) is 29.3 Å². The molecule has 2 aliphatic rings. The summed E-state index contributed by atoms with van der Waals surface area (Å²) in [5.41, 5.74) is 2.06. The van der Waals surface area contributed by atoms with Crippen molar-refractivity contribution in [2.24, 2.45) is 21.1 Å². The molecule has 0 aromatic heterocycles. The zero-order chi connectivity index (χ0) is 38.1. The number of halogens is 2. The van der Waals surface area contributed by atoms with Gasteiger partial charge in [0, 0.05) is 88.3 Å². The van der Waals surface area contributed by atoms with E-state index in [0.717, 1.165) is 49.4 Å². The van der Waals surface area contributed by atoms with Gasteiger partial charge in [-0.05, 0) is 74.4 Å². The highest BCUT2D eigenvalue weighted by atomic mass is 19.1. The number of piperazine rings is 1. The first kappa shape index (κ1) is 39.1. The van der Waals surface area contributed by atoms with Gasteiger partial charge in [-0.25, -0.2) is 18.6 Å². The molecule has 12 nitrogen and oxygen atoms in total. The van der Waals surface area contributed by atoms with Crippen LogP contribution in [0.1, 0.15) is 32.3 Å². The summed E-state index contributed by atoms with van der Waals surface area (Å²) in [6, 6.07) is 18.6. The van der Waals surface area contributed by atoms with Gasteiger partial charge in [-0.1, -0.05) is 13.0 Å². The molecular formula is C39H50F2N8O4. The summed E-state index contributed by atoms with van der Waals surface area (Å²) in [6.45, 7) is 14.8. The third-order valence-electron chi connectivity index (χ3n) is 9.98. The van der Waals surface area contributed by atoms with Gasteiger partial charge in [-0.15, -0.1) is 0 Å². The zero-order valence-corrected chi connectivity index (χ0v) is 30.9. The number of nitrogens with zero attached hydrogens (tertiary/aromatic N) is 8. The topological polar surface area (TPSA) is 109 Å². The molecule has 3 aromatic carbocycles. The predicted molar refractivity (Wildman–Crippen MR) is 207 cm³/mol. The normalized spacial score (nSPS) is 19.9. The molecule has 0 spiro atoms. The van der Waals surface area contributed by atoms with E-state index in [4.69, 9.17) is 9.47 Å². The molecule has 2 aliphatic heterocycles. The van der Waals surface area contributed by atoms with E-state index in [-0.39, 0.29) is 24.1 Å².